The molecule has 214 valence electrons. The van der Waals surface area contributed by atoms with Gasteiger partial charge in [0.05, 0.1) is 0 Å². The number of nitrogens with one attached hydrogen (secondary N) is 1. The van der Waals surface area contributed by atoms with Crippen molar-refractivity contribution in [2.75, 3.05) is 17.2 Å². The average Bonchev–Trinajstić information content (AvgIpc) is 3.33. The molecule has 0 bridgehead atoms. The molecule has 4 atom stereocenters. The lowest BCUT2D eigenvalue weighted by molar-refractivity contribution is -0.150. The van der Waals surface area contributed by atoms with Gasteiger partial charge in [-0.1, -0.05) is 16.9 Å². The fourth-order valence-corrected chi connectivity index (χ4v) is 6.63. The number of thiazole rings is 1. The number of amides is 2. The summed E-state index contributed by atoms with van der Waals surface area (Å²) >= 11 is 3.37. The van der Waals surface area contributed by atoms with E-state index in [0.29, 0.717) is 5.57 Å². The number of hydrazine groups is 1. The quantitative estimate of drug-likeness (QED) is 0.0688. The van der Waals surface area contributed by atoms with E-state index in [2.05, 4.69) is 20.4 Å². The highest BCUT2D eigenvalue weighted by Gasteiger charge is 2.54. The van der Waals surface area contributed by atoms with E-state index < -0.39 is 53.2 Å². The van der Waals surface area contributed by atoms with Gasteiger partial charge >= 0.3 is 11.9 Å². The van der Waals surface area contributed by atoms with E-state index in [9.17, 15) is 24.3 Å². The first-order valence-corrected chi connectivity index (χ1v) is 14.2. The third-order valence-corrected chi connectivity index (χ3v) is 8.72. The molecule has 1 saturated heterocycles. The Balaban J connectivity index is 1.50. The molecule has 40 heavy (non-hydrogen) atoms. The molecule has 3 aliphatic heterocycles. The summed E-state index contributed by atoms with van der Waals surface area (Å²) in [5.41, 5.74) is 17.1. The molecule has 4 heterocycles. The smallest absolute Gasteiger partial charge is 0.352 e. The van der Waals surface area contributed by atoms with Crippen LogP contribution in [0.15, 0.2) is 38.7 Å². The van der Waals surface area contributed by atoms with Crippen LogP contribution in [0.2, 0.25) is 0 Å². The number of aliphatic carboxylic acids is 2. The number of thioether (sulfide) groups is 2. The van der Waals surface area contributed by atoms with Crippen LogP contribution in [-0.4, -0.2) is 94.9 Å². The van der Waals surface area contributed by atoms with Gasteiger partial charge in [0.25, 0.3) is 11.8 Å². The number of rotatable bonds is 9. The molecule has 1 aromatic heterocycles. The Hall–Kier alpha value is -3.85. The van der Waals surface area contributed by atoms with Crippen molar-refractivity contribution in [3.63, 3.8) is 0 Å². The van der Waals surface area contributed by atoms with Gasteiger partial charge in [0.2, 0.25) is 6.10 Å². The van der Waals surface area contributed by atoms with E-state index in [1.165, 1.54) is 35.2 Å². The molecule has 0 radical (unpaired) electrons. The molecule has 1 fully saturated rings. The standard InChI is InChI=1S/C20H24N10O7S3/c1-6(17(33)34)37-28-11(8-5-39-19(23)25-8)14(31)27-12-15(32)29-13(18(35)36)7(3-38-16(12)29)4-40-20-26-9(21)2-10(22)30(20)24/h2,5-6,10,12,16H,3-4,21-22,24H2,1H3,(H2,23,25)(H,27,31)(H,33,34)(H,35,36)/b28-11-/t6-,10?,12?,16-/m0/s1. The van der Waals surface area contributed by atoms with Gasteiger partial charge in [-0.3, -0.25) is 19.5 Å². The Kier molecular flexibility index (Phi) is 8.54. The van der Waals surface area contributed by atoms with Crippen LogP contribution >= 0.6 is 34.9 Å². The van der Waals surface area contributed by atoms with Gasteiger partial charge in [-0.2, -0.15) is 0 Å². The Morgan fingerprint density at radius 1 is 1.35 bits per heavy atom. The number of β-lactam (4-membered cyclic amide) rings is 1. The molecule has 2 amide bonds. The van der Waals surface area contributed by atoms with Crippen LogP contribution in [-0.2, 0) is 24.0 Å². The number of fused-ring (bicyclic) bond motifs is 1. The zero-order chi connectivity index (χ0) is 29.3. The predicted octanol–water partition coefficient (Wildman–Crippen LogP) is -1.98. The van der Waals surface area contributed by atoms with Crippen LogP contribution < -0.4 is 28.4 Å². The second kappa shape index (κ2) is 11.7. The molecule has 1 aromatic rings. The summed E-state index contributed by atoms with van der Waals surface area (Å²) in [6, 6.07) is -1.09. The van der Waals surface area contributed by atoms with Gasteiger partial charge in [0.1, 0.15) is 34.8 Å². The zero-order valence-electron chi connectivity index (χ0n) is 20.6. The first-order valence-electron chi connectivity index (χ1n) is 11.3. The fraction of sp³-hybridized carbons (Fsp3) is 0.350. The number of aliphatic imine (C=N–C) groups is 1. The number of nitrogens with zero attached hydrogens (tertiary/aromatic N) is 5. The molecule has 0 aromatic carbocycles. The molecule has 0 aliphatic carbocycles. The number of hydrogen-bond donors (Lipinski definition) is 7. The highest BCUT2D eigenvalue weighted by atomic mass is 32.2. The monoisotopic (exact) mass is 612 g/mol. The number of carboxylic acids is 2. The Morgan fingerprint density at radius 2 is 2.08 bits per heavy atom. The number of carbonyl (C=O) groups is 4. The predicted molar refractivity (Wildman–Crippen MR) is 147 cm³/mol. The first-order chi connectivity index (χ1) is 18.9. The molecule has 2 unspecified atom stereocenters. The van der Waals surface area contributed by atoms with Crippen LogP contribution in [0.1, 0.15) is 12.6 Å². The lowest BCUT2D eigenvalue weighted by atomic mass is 10.0. The average molecular weight is 613 g/mol. The van der Waals surface area contributed by atoms with Crippen molar-refractivity contribution in [2.24, 2.45) is 27.5 Å². The van der Waals surface area contributed by atoms with Crippen molar-refractivity contribution in [3.05, 3.63) is 34.2 Å². The highest BCUT2D eigenvalue weighted by molar-refractivity contribution is 8.14. The Labute approximate surface area is 238 Å². The molecular formula is C20H24N10O7S3. The van der Waals surface area contributed by atoms with E-state index in [-0.39, 0.29) is 39.0 Å². The van der Waals surface area contributed by atoms with Crippen molar-refractivity contribution < 1.29 is 34.2 Å². The SMILES string of the molecule is C[C@H](O/N=C(\C(=O)NC1C(=O)N2C(C(=O)O)=C(CSC3=NC(N)=CC(N)N3N)CS[C@@H]12)c1csc(N)n1)C(=O)O. The van der Waals surface area contributed by atoms with E-state index in [0.717, 1.165) is 28.0 Å². The third-order valence-electron chi connectivity index (χ3n) is 5.65. The van der Waals surface area contributed by atoms with Crippen LogP contribution in [0.5, 0.6) is 0 Å². The van der Waals surface area contributed by atoms with E-state index >= 15 is 0 Å². The maximum Gasteiger partial charge on any atom is 0.352 e. The minimum Gasteiger partial charge on any atom is -0.478 e. The molecule has 0 spiro atoms. The molecule has 4 rings (SSSR count). The molecule has 20 heteroatoms. The van der Waals surface area contributed by atoms with E-state index in [1.807, 2.05) is 0 Å². The Bertz CT molecular complexity index is 1380. The van der Waals surface area contributed by atoms with Crippen LogP contribution in [0.3, 0.4) is 0 Å². The fourth-order valence-electron chi connectivity index (χ4n) is 3.63. The topological polar surface area (TPSA) is 278 Å². The van der Waals surface area contributed by atoms with Gasteiger partial charge in [-0.15, -0.1) is 23.1 Å². The number of amidine groups is 1. The first kappa shape index (κ1) is 29.1. The maximum atomic E-state index is 13.1. The molecule has 17 nitrogen and oxygen atoms in total. The normalized spacial score (nSPS) is 23.5. The maximum absolute atomic E-state index is 13.1. The third kappa shape index (κ3) is 5.84. The van der Waals surface area contributed by atoms with E-state index in [1.54, 1.807) is 0 Å². The minimum atomic E-state index is -1.37. The second-order valence-electron chi connectivity index (χ2n) is 8.39. The summed E-state index contributed by atoms with van der Waals surface area (Å²) in [5, 5.41) is 27.4. The Morgan fingerprint density at radius 3 is 2.70 bits per heavy atom. The van der Waals surface area contributed by atoms with Gasteiger partial charge < -0.3 is 37.6 Å². The van der Waals surface area contributed by atoms with Crippen molar-refractivity contribution >= 4 is 74.6 Å². The second-order valence-corrected chi connectivity index (χ2v) is 11.3. The van der Waals surface area contributed by atoms with Gasteiger partial charge in [0, 0.05) is 16.9 Å². The number of aromatic nitrogens is 1. The zero-order valence-corrected chi connectivity index (χ0v) is 23.0. The van der Waals surface area contributed by atoms with Crippen molar-refractivity contribution in [3.8, 4) is 0 Å². The molecule has 3 aliphatic rings. The van der Waals surface area contributed by atoms with Crippen molar-refractivity contribution in [2.45, 2.75) is 30.6 Å². The van der Waals surface area contributed by atoms with Gasteiger partial charge in [0.15, 0.2) is 16.0 Å². The van der Waals surface area contributed by atoms with Gasteiger partial charge in [-0.25, -0.2) is 25.4 Å². The summed E-state index contributed by atoms with van der Waals surface area (Å²) in [5.74, 6) is 2.27. The summed E-state index contributed by atoms with van der Waals surface area (Å²) in [4.78, 5) is 63.5. The van der Waals surface area contributed by atoms with Crippen LogP contribution in [0.25, 0.3) is 0 Å². The summed E-state index contributed by atoms with van der Waals surface area (Å²) in [6.45, 7) is 1.21. The molecule has 11 N–H and O–H groups in total. The lowest BCUT2D eigenvalue weighted by Crippen LogP contribution is -2.71. The molecular weight excluding hydrogens is 588 g/mol. The van der Waals surface area contributed by atoms with E-state index in [4.69, 9.17) is 33.0 Å². The van der Waals surface area contributed by atoms with Crippen molar-refractivity contribution in [1.82, 2.24) is 20.2 Å². The lowest BCUT2D eigenvalue weighted by Gasteiger charge is -2.49. The van der Waals surface area contributed by atoms with Gasteiger partial charge in [-0.05, 0) is 18.6 Å². The minimum absolute atomic E-state index is 0.0118. The number of carbonyl (C=O) groups excluding carboxylic acids is 2. The van der Waals surface area contributed by atoms with Crippen molar-refractivity contribution in [1.29, 1.82) is 0 Å². The number of carboxylic acid groups (broad SMARTS) is 2. The number of oxime groups is 1. The summed E-state index contributed by atoms with van der Waals surface area (Å²) in [6.07, 6.45) is -0.619. The summed E-state index contributed by atoms with van der Waals surface area (Å²) in [7, 11) is 0. The van der Waals surface area contributed by atoms with Crippen LogP contribution in [0, 0.1) is 0 Å². The largest absolute Gasteiger partial charge is 0.478 e. The number of hydrogen-bond acceptors (Lipinski definition) is 16. The number of nitrogen functional groups attached to an aromatic ring is 1. The molecule has 0 saturated carbocycles. The van der Waals surface area contributed by atoms with Crippen LogP contribution in [0.4, 0.5) is 5.13 Å². The summed E-state index contributed by atoms with van der Waals surface area (Å²) < 4.78 is 0. The highest BCUT2D eigenvalue weighted by Crippen LogP contribution is 2.41. The number of anilines is 1. The number of nitrogens with two attached hydrogens (primary N) is 4.